The summed E-state index contributed by atoms with van der Waals surface area (Å²) in [6, 6.07) is 18.3. The molecule has 3 rings (SSSR count). The summed E-state index contributed by atoms with van der Waals surface area (Å²) in [4.78, 5) is 12.4. The van der Waals surface area contributed by atoms with Crippen LogP contribution in [0.15, 0.2) is 71.6 Å². The molecule has 0 bridgehead atoms. The second-order valence-corrected chi connectivity index (χ2v) is 8.73. The van der Waals surface area contributed by atoms with Gasteiger partial charge >= 0.3 is 0 Å². The molecule has 0 aliphatic rings. The molecule has 0 saturated heterocycles. The van der Waals surface area contributed by atoms with Crippen molar-refractivity contribution in [2.24, 2.45) is 0 Å². The summed E-state index contributed by atoms with van der Waals surface area (Å²) in [5.41, 5.74) is 2.50. The van der Waals surface area contributed by atoms with Crippen molar-refractivity contribution in [1.82, 2.24) is 5.32 Å². The zero-order valence-corrected chi connectivity index (χ0v) is 18.0. The van der Waals surface area contributed by atoms with Crippen LogP contribution < -0.4 is 14.8 Å². The molecule has 0 spiro atoms. The summed E-state index contributed by atoms with van der Waals surface area (Å²) in [6.45, 7) is 2.19. The Labute approximate surface area is 180 Å². The molecule has 1 amide bonds. The third-order valence-electron chi connectivity index (χ3n) is 4.39. The summed E-state index contributed by atoms with van der Waals surface area (Å²) in [5.74, 6) is -0.261. The molecule has 30 heavy (non-hydrogen) atoms. The minimum absolute atomic E-state index is 0.121. The van der Waals surface area contributed by atoms with Crippen LogP contribution in [0.25, 0.3) is 0 Å². The largest absolute Gasteiger partial charge is 0.495 e. The van der Waals surface area contributed by atoms with Gasteiger partial charge in [0.15, 0.2) is 0 Å². The fourth-order valence-electron chi connectivity index (χ4n) is 2.75. The Morgan fingerprint density at radius 1 is 1.00 bits per heavy atom. The number of hydrogen-bond acceptors (Lipinski definition) is 4. The maximum absolute atomic E-state index is 12.9. The molecule has 0 saturated carbocycles. The molecule has 0 fully saturated rings. The summed E-state index contributed by atoms with van der Waals surface area (Å²) < 4.78 is 33.5. The normalized spacial score (nSPS) is 11.0. The van der Waals surface area contributed by atoms with Gasteiger partial charge in [-0.3, -0.25) is 9.52 Å². The van der Waals surface area contributed by atoms with Gasteiger partial charge in [0.25, 0.3) is 15.9 Å². The van der Waals surface area contributed by atoms with Crippen LogP contribution in [0.5, 0.6) is 5.75 Å². The Hall–Kier alpha value is -3.03. The standard InChI is InChI=1S/C22H21ClN2O4S/c1-15-3-10-19(11-4-15)25-30(27,28)21-13-17(7-12-20(21)29-2)22(26)24-14-16-5-8-18(23)9-6-16/h3-13,25H,14H2,1-2H3,(H,24,26). The van der Waals surface area contributed by atoms with Crippen LogP contribution >= 0.6 is 11.6 Å². The van der Waals surface area contributed by atoms with E-state index in [0.717, 1.165) is 11.1 Å². The molecule has 2 N–H and O–H groups in total. The lowest BCUT2D eigenvalue weighted by atomic mass is 10.2. The van der Waals surface area contributed by atoms with E-state index in [4.69, 9.17) is 16.3 Å². The highest BCUT2D eigenvalue weighted by molar-refractivity contribution is 7.92. The predicted octanol–water partition coefficient (Wildman–Crippen LogP) is 4.39. The van der Waals surface area contributed by atoms with Crippen LogP contribution in [0.4, 0.5) is 5.69 Å². The minimum atomic E-state index is -3.97. The number of sulfonamides is 1. The van der Waals surface area contributed by atoms with Gasteiger partial charge in [0.05, 0.1) is 7.11 Å². The number of aryl methyl sites for hydroxylation is 1. The van der Waals surface area contributed by atoms with Crippen LogP contribution in [0, 0.1) is 6.92 Å². The first-order chi connectivity index (χ1) is 14.3. The van der Waals surface area contributed by atoms with Crippen molar-refractivity contribution >= 4 is 33.2 Å². The predicted molar refractivity (Wildman–Crippen MR) is 118 cm³/mol. The number of anilines is 1. The molecule has 0 aliphatic heterocycles. The van der Waals surface area contributed by atoms with Crippen LogP contribution in [0.3, 0.4) is 0 Å². The number of benzene rings is 3. The Balaban J connectivity index is 1.82. The van der Waals surface area contributed by atoms with E-state index in [2.05, 4.69) is 10.0 Å². The summed E-state index contributed by atoms with van der Waals surface area (Å²) >= 11 is 5.86. The molecule has 3 aromatic carbocycles. The van der Waals surface area contributed by atoms with Gasteiger partial charge in [-0.05, 0) is 55.0 Å². The van der Waals surface area contributed by atoms with Crippen molar-refractivity contribution in [2.45, 2.75) is 18.4 Å². The second kappa shape index (κ2) is 9.19. The van der Waals surface area contributed by atoms with Gasteiger partial charge in [0.2, 0.25) is 0 Å². The van der Waals surface area contributed by atoms with E-state index in [1.165, 1.54) is 25.3 Å². The van der Waals surface area contributed by atoms with Crippen molar-refractivity contribution in [3.05, 3.63) is 88.4 Å². The van der Waals surface area contributed by atoms with Crippen LogP contribution in [-0.2, 0) is 16.6 Å². The first-order valence-corrected chi connectivity index (χ1v) is 10.9. The van der Waals surface area contributed by atoms with Gasteiger partial charge < -0.3 is 10.1 Å². The van der Waals surface area contributed by atoms with Gasteiger partial charge in [-0.25, -0.2) is 8.42 Å². The van der Waals surface area contributed by atoms with Crippen LogP contribution in [0.2, 0.25) is 5.02 Å². The molecular formula is C22H21ClN2O4S. The highest BCUT2D eigenvalue weighted by Crippen LogP contribution is 2.27. The zero-order chi connectivity index (χ0) is 21.7. The Bertz CT molecular complexity index is 1140. The number of amides is 1. The Kier molecular flexibility index (Phi) is 6.64. The van der Waals surface area contributed by atoms with Gasteiger partial charge in [0.1, 0.15) is 10.6 Å². The van der Waals surface area contributed by atoms with Crippen molar-refractivity contribution in [3.8, 4) is 5.75 Å². The first kappa shape index (κ1) is 21.7. The van der Waals surface area contributed by atoms with Gasteiger partial charge in [-0.15, -0.1) is 0 Å². The van der Waals surface area contributed by atoms with Gasteiger partial charge in [0, 0.05) is 22.8 Å². The summed E-state index contributed by atoms with van der Waals surface area (Å²) in [7, 11) is -2.59. The number of methoxy groups -OCH3 is 1. The van der Waals surface area contributed by atoms with Crippen molar-refractivity contribution < 1.29 is 17.9 Å². The van der Waals surface area contributed by atoms with Crippen molar-refractivity contribution in [1.29, 1.82) is 0 Å². The molecule has 8 heteroatoms. The lowest BCUT2D eigenvalue weighted by Gasteiger charge is -2.13. The van der Waals surface area contributed by atoms with Crippen LogP contribution in [0.1, 0.15) is 21.5 Å². The second-order valence-electron chi connectivity index (χ2n) is 6.65. The summed E-state index contributed by atoms with van der Waals surface area (Å²) in [6.07, 6.45) is 0. The monoisotopic (exact) mass is 444 g/mol. The van der Waals surface area contributed by atoms with Crippen molar-refractivity contribution in [2.75, 3.05) is 11.8 Å². The number of halogens is 1. The highest BCUT2D eigenvalue weighted by Gasteiger charge is 2.22. The molecule has 0 aromatic heterocycles. The maximum Gasteiger partial charge on any atom is 0.265 e. The number of hydrogen-bond donors (Lipinski definition) is 2. The number of ether oxygens (including phenoxy) is 1. The topological polar surface area (TPSA) is 84.5 Å². The highest BCUT2D eigenvalue weighted by atomic mass is 35.5. The minimum Gasteiger partial charge on any atom is -0.495 e. The molecule has 0 radical (unpaired) electrons. The lowest BCUT2D eigenvalue weighted by Crippen LogP contribution is -2.23. The number of carbonyl (C=O) groups excluding carboxylic acids is 1. The third-order valence-corrected chi connectivity index (χ3v) is 6.04. The quantitative estimate of drug-likeness (QED) is 0.566. The van der Waals surface area contributed by atoms with E-state index in [1.807, 2.05) is 6.92 Å². The zero-order valence-electron chi connectivity index (χ0n) is 16.5. The maximum atomic E-state index is 12.9. The van der Waals surface area contributed by atoms with Gasteiger partial charge in [-0.1, -0.05) is 41.4 Å². The fourth-order valence-corrected chi connectivity index (χ4v) is 4.13. The van der Waals surface area contributed by atoms with Gasteiger partial charge in [-0.2, -0.15) is 0 Å². The van der Waals surface area contributed by atoms with E-state index in [0.29, 0.717) is 10.7 Å². The van der Waals surface area contributed by atoms with E-state index >= 15 is 0 Å². The molecule has 0 aliphatic carbocycles. The Morgan fingerprint density at radius 3 is 2.30 bits per heavy atom. The average molecular weight is 445 g/mol. The molecule has 6 nitrogen and oxygen atoms in total. The third kappa shape index (κ3) is 5.31. The molecular weight excluding hydrogens is 424 g/mol. The number of nitrogens with one attached hydrogen (secondary N) is 2. The first-order valence-electron chi connectivity index (χ1n) is 9.08. The number of carbonyl (C=O) groups is 1. The molecule has 0 unspecified atom stereocenters. The Morgan fingerprint density at radius 2 is 1.67 bits per heavy atom. The lowest BCUT2D eigenvalue weighted by molar-refractivity contribution is 0.0950. The number of rotatable bonds is 7. The summed E-state index contributed by atoms with van der Waals surface area (Å²) in [5, 5.41) is 3.38. The molecule has 0 atom stereocenters. The van der Waals surface area contributed by atoms with E-state index in [1.54, 1.807) is 48.5 Å². The smallest absolute Gasteiger partial charge is 0.265 e. The average Bonchev–Trinajstić information content (AvgIpc) is 2.74. The SMILES string of the molecule is COc1ccc(C(=O)NCc2ccc(Cl)cc2)cc1S(=O)(=O)Nc1ccc(C)cc1. The fraction of sp³-hybridized carbons (Fsp3) is 0.136. The van der Waals surface area contributed by atoms with E-state index in [9.17, 15) is 13.2 Å². The van der Waals surface area contributed by atoms with E-state index in [-0.39, 0.29) is 22.8 Å². The molecule has 3 aromatic rings. The van der Waals surface area contributed by atoms with Crippen molar-refractivity contribution in [3.63, 3.8) is 0 Å². The molecule has 0 heterocycles. The molecule has 156 valence electrons. The van der Waals surface area contributed by atoms with Crippen LogP contribution in [-0.4, -0.2) is 21.4 Å². The van der Waals surface area contributed by atoms with E-state index < -0.39 is 15.9 Å².